The van der Waals surface area contributed by atoms with E-state index in [1.807, 2.05) is 6.92 Å². The van der Waals surface area contributed by atoms with Gasteiger partial charge in [0.25, 0.3) is 0 Å². The van der Waals surface area contributed by atoms with Crippen LogP contribution < -0.4 is 10.6 Å². The van der Waals surface area contributed by atoms with E-state index in [9.17, 15) is 29.1 Å². The molecule has 0 aliphatic heterocycles. The molecule has 166 valence electrons. The lowest BCUT2D eigenvalue weighted by atomic mass is 10.00. The average molecular weight is 414 g/mol. The molecule has 0 aromatic heterocycles. The lowest BCUT2D eigenvalue weighted by Gasteiger charge is -2.16. The zero-order valence-electron chi connectivity index (χ0n) is 17.5. The Bertz CT molecular complexity index is 577. The van der Waals surface area contributed by atoms with Gasteiger partial charge in [-0.3, -0.25) is 19.2 Å². The summed E-state index contributed by atoms with van der Waals surface area (Å²) < 4.78 is 0. The molecule has 0 rings (SSSR count). The molecule has 0 spiro atoms. The first-order valence-electron chi connectivity index (χ1n) is 10.1. The molecule has 2 amide bonds. The number of hydrogen-bond acceptors (Lipinski definition) is 5. The van der Waals surface area contributed by atoms with Gasteiger partial charge < -0.3 is 20.8 Å². The van der Waals surface area contributed by atoms with Crippen molar-refractivity contribution in [1.29, 1.82) is 0 Å². The minimum Gasteiger partial charge on any atom is -0.481 e. The van der Waals surface area contributed by atoms with Crippen molar-refractivity contribution in [3.8, 4) is 0 Å². The SMILES string of the molecule is CCCCC(C)CC(=O)N[C@H](CCC(=O)NCC(=O)CC[C@H](C)C(=O)O)C(=O)O. The summed E-state index contributed by atoms with van der Waals surface area (Å²) in [5.41, 5.74) is 0. The fourth-order valence-corrected chi connectivity index (χ4v) is 2.63. The number of carbonyl (C=O) groups excluding carboxylic acids is 3. The number of rotatable bonds is 16. The standard InChI is InChI=1S/C20H34N2O7/c1-4-5-6-13(2)11-18(25)22-16(20(28)29)9-10-17(24)21-12-15(23)8-7-14(3)19(26)27/h13-14,16H,4-12H2,1-3H3,(H,21,24)(H,22,25)(H,26,27)(H,28,29)/t13?,14-,16+/m0/s1. The van der Waals surface area contributed by atoms with E-state index < -0.39 is 29.8 Å². The lowest BCUT2D eigenvalue weighted by Crippen LogP contribution is -2.42. The molecule has 0 aliphatic carbocycles. The van der Waals surface area contributed by atoms with Gasteiger partial charge in [-0.15, -0.1) is 0 Å². The summed E-state index contributed by atoms with van der Waals surface area (Å²) in [6.07, 6.45) is 3.15. The van der Waals surface area contributed by atoms with Crippen molar-refractivity contribution in [2.45, 2.75) is 78.2 Å². The summed E-state index contributed by atoms with van der Waals surface area (Å²) >= 11 is 0. The van der Waals surface area contributed by atoms with E-state index in [0.717, 1.165) is 19.3 Å². The van der Waals surface area contributed by atoms with Crippen molar-refractivity contribution in [2.75, 3.05) is 6.54 Å². The normalized spacial score (nSPS) is 13.8. The average Bonchev–Trinajstić information content (AvgIpc) is 2.65. The van der Waals surface area contributed by atoms with E-state index in [1.165, 1.54) is 6.92 Å². The highest BCUT2D eigenvalue weighted by atomic mass is 16.4. The van der Waals surface area contributed by atoms with Crippen LogP contribution in [0.5, 0.6) is 0 Å². The first kappa shape index (κ1) is 26.6. The van der Waals surface area contributed by atoms with Crippen LogP contribution in [0.15, 0.2) is 0 Å². The van der Waals surface area contributed by atoms with Crippen molar-refractivity contribution in [3.05, 3.63) is 0 Å². The maximum atomic E-state index is 12.0. The molecular formula is C20H34N2O7. The third kappa shape index (κ3) is 13.4. The molecule has 0 bridgehead atoms. The molecule has 0 aromatic carbocycles. The van der Waals surface area contributed by atoms with Crippen molar-refractivity contribution < 1.29 is 34.2 Å². The minimum absolute atomic E-state index is 0.0395. The molecular weight excluding hydrogens is 380 g/mol. The zero-order valence-corrected chi connectivity index (χ0v) is 17.5. The molecule has 0 saturated carbocycles. The number of carboxylic acids is 2. The van der Waals surface area contributed by atoms with Gasteiger partial charge in [0, 0.05) is 19.3 Å². The summed E-state index contributed by atoms with van der Waals surface area (Å²) in [7, 11) is 0. The van der Waals surface area contributed by atoms with E-state index in [-0.39, 0.29) is 56.3 Å². The largest absolute Gasteiger partial charge is 0.481 e. The molecule has 0 heterocycles. The van der Waals surface area contributed by atoms with Crippen molar-refractivity contribution in [3.63, 3.8) is 0 Å². The van der Waals surface area contributed by atoms with Crippen molar-refractivity contribution >= 4 is 29.5 Å². The number of amides is 2. The zero-order chi connectivity index (χ0) is 22.4. The van der Waals surface area contributed by atoms with E-state index in [1.54, 1.807) is 0 Å². The number of hydrogen-bond donors (Lipinski definition) is 4. The Kier molecular flexibility index (Phi) is 13.3. The number of unbranched alkanes of at least 4 members (excludes halogenated alkanes) is 1. The maximum absolute atomic E-state index is 12.0. The maximum Gasteiger partial charge on any atom is 0.326 e. The van der Waals surface area contributed by atoms with Gasteiger partial charge in [0.1, 0.15) is 6.04 Å². The fraction of sp³-hybridized carbons (Fsp3) is 0.750. The van der Waals surface area contributed by atoms with Crippen LogP contribution >= 0.6 is 0 Å². The minimum atomic E-state index is -1.22. The molecule has 4 N–H and O–H groups in total. The first-order chi connectivity index (χ1) is 13.6. The molecule has 0 fully saturated rings. The fourth-order valence-electron chi connectivity index (χ4n) is 2.63. The summed E-state index contributed by atoms with van der Waals surface area (Å²) in [6, 6.07) is -1.17. The van der Waals surface area contributed by atoms with Crippen LogP contribution in [0.4, 0.5) is 0 Å². The van der Waals surface area contributed by atoms with Gasteiger partial charge >= 0.3 is 11.9 Å². The Labute approximate surface area is 171 Å². The van der Waals surface area contributed by atoms with Crippen molar-refractivity contribution in [2.24, 2.45) is 11.8 Å². The second-order valence-corrected chi connectivity index (χ2v) is 7.54. The Hall–Kier alpha value is -2.45. The monoisotopic (exact) mass is 414 g/mol. The van der Waals surface area contributed by atoms with Crippen LogP contribution in [-0.2, 0) is 24.0 Å². The number of nitrogens with one attached hydrogen (secondary N) is 2. The van der Waals surface area contributed by atoms with Gasteiger partial charge in [-0.05, 0) is 18.8 Å². The van der Waals surface area contributed by atoms with Gasteiger partial charge in [0.15, 0.2) is 5.78 Å². The number of carbonyl (C=O) groups is 5. The van der Waals surface area contributed by atoms with E-state index in [2.05, 4.69) is 17.6 Å². The van der Waals surface area contributed by atoms with Gasteiger partial charge in [0.05, 0.1) is 12.5 Å². The van der Waals surface area contributed by atoms with Gasteiger partial charge in [-0.1, -0.05) is 40.0 Å². The van der Waals surface area contributed by atoms with E-state index in [0.29, 0.717) is 0 Å². The summed E-state index contributed by atoms with van der Waals surface area (Å²) in [4.78, 5) is 57.6. The van der Waals surface area contributed by atoms with Crippen LogP contribution in [-0.4, -0.2) is 52.3 Å². The molecule has 1 unspecified atom stereocenters. The first-order valence-corrected chi connectivity index (χ1v) is 10.1. The third-order valence-corrected chi connectivity index (χ3v) is 4.64. The predicted molar refractivity (Wildman–Crippen MR) is 106 cm³/mol. The Morgan fingerprint density at radius 1 is 0.862 bits per heavy atom. The lowest BCUT2D eigenvalue weighted by molar-refractivity contribution is -0.142. The summed E-state index contributed by atoms with van der Waals surface area (Å²) in [5, 5.41) is 22.9. The molecule has 9 heteroatoms. The Morgan fingerprint density at radius 2 is 1.52 bits per heavy atom. The highest BCUT2D eigenvalue weighted by Crippen LogP contribution is 2.12. The Balaban J connectivity index is 4.26. The summed E-state index contributed by atoms with van der Waals surface area (Å²) in [6.45, 7) is 5.26. The molecule has 0 aromatic rings. The molecule has 0 aliphatic rings. The summed E-state index contributed by atoms with van der Waals surface area (Å²) in [5.74, 6) is -3.84. The van der Waals surface area contributed by atoms with E-state index >= 15 is 0 Å². The second kappa shape index (κ2) is 14.5. The highest BCUT2D eigenvalue weighted by molar-refractivity contribution is 5.87. The Morgan fingerprint density at radius 3 is 2.07 bits per heavy atom. The van der Waals surface area contributed by atoms with Crippen LogP contribution in [0.25, 0.3) is 0 Å². The molecule has 0 radical (unpaired) electrons. The number of aliphatic carboxylic acids is 2. The van der Waals surface area contributed by atoms with Crippen LogP contribution in [0.2, 0.25) is 0 Å². The highest BCUT2D eigenvalue weighted by Gasteiger charge is 2.22. The van der Waals surface area contributed by atoms with Crippen LogP contribution in [0.3, 0.4) is 0 Å². The number of ketones is 1. The van der Waals surface area contributed by atoms with Crippen LogP contribution in [0.1, 0.15) is 72.1 Å². The van der Waals surface area contributed by atoms with Gasteiger partial charge in [-0.2, -0.15) is 0 Å². The molecule has 9 nitrogen and oxygen atoms in total. The topological polar surface area (TPSA) is 150 Å². The smallest absolute Gasteiger partial charge is 0.326 e. The van der Waals surface area contributed by atoms with Gasteiger partial charge in [-0.25, -0.2) is 4.79 Å². The molecule has 0 saturated heterocycles. The van der Waals surface area contributed by atoms with Crippen molar-refractivity contribution in [1.82, 2.24) is 10.6 Å². The molecule has 3 atom stereocenters. The predicted octanol–water partition coefficient (Wildman–Crippen LogP) is 1.74. The van der Waals surface area contributed by atoms with Crippen LogP contribution in [0, 0.1) is 11.8 Å². The second-order valence-electron chi connectivity index (χ2n) is 7.54. The van der Waals surface area contributed by atoms with E-state index in [4.69, 9.17) is 5.11 Å². The van der Waals surface area contributed by atoms with Gasteiger partial charge in [0.2, 0.25) is 11.8 Å². The number of Topliss-reactive ketones (excluding diaryl/α,β-unsaturated/α-hetero) is 1. The quantitative estimate of drug-likeness (QED) is 0.300. The third-order valence-electron chi connectivity index (χ3n) is 4.64. The number of carboxylic acid groups (broad SMARTS) is 2. The molecule has 29 heavy (non-hydrogen) atoms.